The molecule has 0 radical (unpaired) electrons. The molecule has 0 aromatic heterocycles. The van der Waals surface area contributed by atoms with Crippen LogP contribution in [-0.2, 0) is 6.54 Å². The summed E-state index contributed by atoms with van der Waals surface area (Å²) < 4.78 is 11.3. The van der Waals surface area contributed by atoms with Gasteiger partial charge in [-0.05, 0) is 74.5 Å². The Bertz CT molecular complexity index is 934. The molecule has 2 aromatic rings. The molecule has 5 aliphatic heterocycles. The fourth-order valence-electron chi connectivity index (χ4n) is 6.35. The molecule has 0 saturated carbocycles. The van der Waals surface area contributed by atoms with Gasteiger partial charge in [-0.1, -0.05) is 29.8 Å². The van der Waals surface area contributed by atoms with Crippen molar-refractivity contribution in [1.82, 2.24) is 9.80 Å². The smallest absolute Gasteiger partial charge is 0.231 e. The van der Waals surface area contributed by atoms with Crippen molar-refractivity contribution < 1.29 is 9.47 Å². The molecule has 0 N–H and O–H groups in total. The Hall–Kier alpha value is -2.04. The largest absolute Gasteiger partial charge is 0.454 e. The van der Waals surface area contributed by atoms with E-state index in [9.17, 15) is 0 Å². The summed E-state index contributed by atoms with van der Waals surface area (Å²) in [6, 6.07) is 14.8. The molecule has 29 heavy (non-hydrogen) atoms. The van der Waals surface area contributed by atoms with Crippen LogP contribution in [0.2, 0.25) is 0 Å². The van der Waals surface area contributed by atoms with Crippen LogP contribution in [0.5, 0.6) is 11.5 Å². The highest BCUT2D eigenvalue weighted by molar-refractivity contribution is 5.46. The first-order valence-electron chi connectivity index (χ1n) is 11.1. The Balaban J connectivity index is 1.35. The molecule has 3 atom stereocenters. The van der Waals surface area contributed by atoms with E-state index in [4.69, 9.17) is 9.47 Å². The molecular formula is C25H30N2O2. The van der Waals surface area contributed by atoms with Crippen molar-refractivity contribution >= 4 is 0 Å². The summed E-state index contributed by atoms with van der Waals surface area (Å²) in [6.45, 7) is 9.56. The zero-order valence-corrected chi connectivity index (χ0v) is 17.4. The fraction of sp³-hybridized carbons (Fsp3) is 0.520. The Morgan fingerprint density at radius 2 is 1.76 bits per heavy atom. The van der Waals surface area contributed by atoms with Crippen molar-refractivity contribution in [2.45, 2.75) is 51.2 Å². The molecule has 7 rings (SSSR count). The van der Waals surface area contributed by atoms with Gasteiger partial charge in [0, 0.05) is 31.1 Å². The predicted octanol–water partition coefficient (Wildman–Crippen LogP) is 4.09. The average Bonchev–Trinajstić information content (AvgIpc) is 3.37. The van der Waals surface area contributed by atoms with E-state index < -0.39 is 0 Å². The van der Waals surface area contributed by atoms with Gasteiger partial charge in [0.25, 0.3) is 0 Å². The highest BCUT2D eigenvalue weighted by Crippen LogP contribution is 2.48. The van der Waals surface area contributed by atoms with E-state index in [1.54, 1.807) is 0 Å². The van der Waals surface area contributed by atoms with E-state index in [1.807, 2.05) is 0 Å². The highest BCUT2D eigenvalue weighted by atomic mass is 16.7. The van der Waals surface area contributed by atoms with Crippen LogP contribution < -0.4 is 9.47 Å². The van der Waals surface area contributed by atoms with Crippen LogP contribution in [0.1, 0.15) is 41.0 Å². The normalized spacial score (nSPS) is 32.6. The summed E-state index contributed by atoms with van der Waals surface area (Å²) in [4.78, 5) is 5.58. The maximum absolute atomic E-state index is 5.70. The number of aryl methyl sites for hydroxylation is 2. The van der Waals surface area contributed by atoms with Gasteiger partial charge in [-0.3, -0.25) is 9.80 Å². The van der Waals surface area contributed by atoms with Crippen molar-refractivity contribution in [3.8, 4) is 11.5 Å². The standard InChI is InChI=1S/C25H30N2O2/c1-16-3-4-17(2)20(11-16)13-27-14-21(19-5-6-22-23(12-19)29-15-28-22)25-24(27)18-7-9-26(25)10-8-18/h3-6,11-12,18,21,24-25H,7-10,13-15H2,1-2H3/t21-,24+,25+/m1/s1. The Labute approximate surface area is 173 Å². The van der Waals surface area contributed by atoms with Gasteiger partial charge >= 0.3 is 0 Å². The quantitative estimate of drug-likeness (QED) is 0.788. The summed E-state index contributed by atoms with van der Waals surface area (Å²) >= 11 is 0. The first kappa shape index (κ1) is 17.8. The molecule has 4 nitrogen and oxygen atoms in total. The highest BCUT2D eigenvalue weighted by Gasteiger charge is 2.53. The zero-order valence-electron chi connectivity index (χ0n) is 17.4. The third kappa shape index (κ3) is 2.88. The van der Waals surface area contributed by atoms with Crippen LogP contribution in [0, 0.1) is 19.8 Å². The van der Waals surface area contributed by atoms with Gasteiger partial charge in [-0.25, -0.2) is 0 Å². The van der Waals surface area contributed by atoms with E-state index in [0.29, 0.717) is 24.8 Å². The minimum absolute atomic E-state index is 0.350. The topological polar surface area (TPSA) is 24.9 Å². The molecule has 0 amide bonds. The number of rotatable bonds is 3. The molecule has 2 aromatic carbocycles. The summed E-state index contributed by atoms with van der Waals surface area (Å²) in [6.07, 6.45) is 2.72. The van der Waals surface area contributed by atoms with Crippen LogP contribution in [-0.4, -0.2) is 48.3 Å². The zero-order chi connectivity index (χ0) is 19.5. The van der Waals surface area contributed by atoms with Gasteiger partial charge in [0.05, 0.1) is 0 Å². The fourth-order valence-corrected chi connectivity index (χ4v) is 6.35. The number of likely N-dealkylation sites (tertiary alicyclic amines) is 1. The average molecular weight is 391 g/mol. The van der Waals surface area contributed by atoms with E-state index in [2.05, 4.69) is 60.0 Å². The number of hydrogen-bond donors (Lipinski definition) is 0. The lowest BCUT2D eigenvalue weighted by atomic mass is 9.75. The van der Waals surface area contributed by atoms with Gasteiger partial charge in [-0.15, -0.1) is 0 Å². The maximum atomic E-state index is 5.70. The van der Waals surface area contributed by atoms with Crippen LogP contribution >= 0.6 is 0 Å². The molecule has 4 fully saturated rings. The van der Waals surface area contributed by atoms with E-state index in [1.165, 1.54) is 48.2 Å². The monoisotopic (exact) mass is 390 g/mol. The summed E-state index contributed by atoms with van der Waals surface area (Å²) in [5.41, 5.74) is 5.69. The number of benzene rings is 2. The third-order valence-corrected chi connectivity index (χ3v) is 7.80. The lowest BCUT2D eigenvalue weighted by Gasteiger charge is -2.51. The predicted molar refractivity (Wildman–Crippen MR) is 114 cm³/mol. The van der Waals surface area contributed by atoms with E-state index >= 15 is 0 Å². The Morgan fingerprint density at radius 1 is 0.931 bits per heavy atom. The minimum atomic E-state index is 0.350. The lowest BCUT2D eigenvalue weighted by Crippen LogP contribution is -2.60. The summed E-state index contributed by atoms with van der Waals surface area (Å²) in [7, 11) is 0. The molecular weight excluding hydrogens is 360 g/mol. The first-order chi connectivity index (χ1) is 14.2. The Morgan fingerprint density at radius 3 is 2.62 bits per heavy atom. The van der Waals surface area contributed by atoms with E-state index in [-0.39, 0.29) is 0 Å². The van der Waals surface area contributed by atoms with Crippen LogP contribution in [0.25, 0.3) is 0 Å². The molecule has 5 heterocycles. The second kappa shape index (κ2) is 6.75. The maximum Gasteiger partial charge on any atom is 0.231 e. The van der Waals surface area contributed by atoms with Gasteiger partial charge in [0.2, 0.25) is 6.79 Å². The third-order valence-electron chi connectivity index (χ3n) is 7.80. The second-order valence-electron chi connectivity index (χ2n) is 9.43. The molecule has 4 heteroatoms. The van der Waals surface area contributed by atoms with Crippen molar-refractivity contribution in [2.24, 2.45) is 5.92 Å². The van der Waals surface area contributed by atoms with Crippen molar-refractivity contribution in [3.05, 3.63) is 58.7 Å². The molecule has 0 spiro atoms. The number of nitrogens with zero attached hydrogens (tertiary/aromatic N) is 2. The van der Waals surface area contributed by atoms with E-state index in [0.717, 1.165) is 30.5 Å². The number of hydrogen-bond acceptors (Lipinski definition) is 4. The molecule has 5 aliphatic rings. The van der Waals surface area contributed by atoms with Crippen LogP contribution in [0.3, 0.4) is 0 Å². The second-order valence-corrected chi connectivity index (χ2v) is 9.43. The van der Waals surface area contributed by atoms with Gasteiger partial charge < -0.3 is 9.47 Å². The van der Waals surface area contributed by atoms with Crippen molar-refractivity contribution in [3.63, 3.8) is 0 Å². The van der Waals surface area contributed by atoms with Gasteiger partial charge in [0.15, 0.2) is 11.5 Å². The lowest BCUT2D eigenvalue weighted by molar-refractivity contribution is -0.00874. The number of piperidine rings is 3. The number of fused-ring (bicyclic) bond motifs is 3. The summed E-state index contributed by atoms with van der Waals surface area (Å²) in [5, 5.41) is 0. The Kier molecular flexibility index (Phi) is 4.14. The molecule has 2 bridgehead atoms. The molecule has 152 valence electrons. The SMILES string of the molecule is Cc1ccc(C)c(CN2C[C@H](c3ccc4c(c3)OCO4)[C@H]3[C@@H]2C2CCN3CC2)c1. The van der Waals surface area contributed by atoms with Crippen molar-refractivity contribution in [2.75, 3.05) is 26.4 Å². The van der Waals surface area contributed by atoms with Crippen LogP contribution in [0.4, 0.5) is 0 Å². The minimum Gasteiger partial charge on any atom is -0.454 e. The van der Waals surface area contributed by atoms with Crippen molar-refractivity contribution in [1.29, 1.82) is 0 Å². The van der Waals surface area contributed by atoms with Gasteiger partial charge in [0.1, 0.15) is 0 Å². The number of ether oxygens (including phenoxy) is 2. The van der Waals surface area contributed by atoms with Crippen LogP contribution in [0.15, 0.2) is 36.4 Å². The molecule has 0 unspecified atom stereocenters. The molecule has 0 aliphatic carbocycles. The van der Waals surface area contributed by atoms with Gasteiger partial charge in [-0.2, -0.15) is 0 Å². The molecule has 4 saturated heterocycles. The summed E-state index contributed by atoms with van der Waals surface area (Å²) in [5.74, 6) is 3.20. The first-order valence-corrected chi connectivity index (χ1v) is 11.1.